The van der Waals surface area contributed by atoms with Crippen molar-refractivity contribution in [3.8, 4) is 11.5 Å². The average molecular weight is 392 g/mol. The number of hydrogen-bond donors (Lipinski definition) is 1. The molecule has 6 nitrogen and oxygen atoms in total. The van der Waals surface area contributed by atoms with E-state index >= 15 is 0 Å². The zero-order valence-electron chi connectivity index (χ0n) is 16.7. The second-order valence-corrected chi connectivity index (χ2v) is 8.26. The van der Waals surface area contributed by atoms with Gasteiger partial charge in [0.25, 0.3) is 0 Å². The maximum absolute atomic E-state index is 13.4. The lowest BCUT2D eigenvalue weighted by molar-refractivity contribution is -0.156. The summed E-state index contributed by atoms with van der Waals surface area (Å²) in [5, 5.41) is 2.90. The van der Waals surface area contributed by atoms with Crippen LogP contribution in [0.1, 0.15) is 36.9 Å². The molecule has 0 spiro atoms. The van der Waals surface area contributed by atoms with Crippen LogP contribution in [-0.4, -0.2) is 42.0 Å². The molecule has 2 saturated heterocycles. The highest BCUT2D eigenvalue weighted by atomic mass is 16.5. The number of ether oxygens (including phenoxy) is 2. The number of rotatable bonds is 2. The fourth-order valence-corrected chi connectivity index (χ4v) is 5.45. The van der Waals surface area contributed by atoms with Gasteiger partial charge in [0.05, 0.1) is 19.8 Å². The van der Waals surface area contributed by atoms with Crippen molar-refractivity contribution in [2.24, 2.45) is 5.92 Å². The molecule has 0 bridgehead atoms. The van der Waals surface area contributed by atoms with Crippen molar-refractivity contribution in [3.05, 3.63) is 59.7 Å². The van der Waals surface area contributed by atoms with E-state index in [0.717, 1.165) is 16.9 Å². The van der Waals surface area contributed by atoms with Crippen LogP contribution in [0.15, 0.2) is 48.5 Å². The molecule has 2 aromatic rings. The maximum Gasteiger partial charge on any atom is 0.247 e. The molecule has 29 heavy (non-hydrogen) atoms. The van der Waals surface area contributed by atoms with E-state index in [1.54, 1.807) is 14.0 Å². The maximum atomic E-state index is 13.4. The molecule has 0 aromatic heterocycles. The summed E-state index contributed by atoms with van der Waals surface area (Å²) in [6.07, 6.45) is 0. The predicted octanol–water partition coefficient (Wildman–Crippen LogP) is 2.65. The number of fused-ring (bicyclic) bond motifs is 5. The highest BCUT2D eigenvalue weighted by Gasteiger charge is 2.66. The van der Waals surface area contributed by atoms with Crippen LogP contribution < -0.4 is 14.8 Å². The molecular weight excluding hydrogens is 368 g/mol. The van der Waals surface area contributed by atoms with Crippen molar-refractivity contribution in [3.63, 3.8) is 0 Å². The topological polar surface area (TPSA) is 67.9 Å². The predicted molar refractivity (Wildman–Crippen MR) is 107 cm³/mol. The van der Waals surface area contributed by atoms with E-state index in [4.69, 9.17) is 9.47 Å². The minimum absolute atomic E-state index is 0.0398. The summed E-state index contributed by atoms with van der Waals surface area (Å²) in [6, 6.07) is 14.9. The Kier molecular flexibility index (Phi) is 3.88. The van der Waals surface area contributed by atoms with E-state index in [2.05, 4.69) is 5.32 Å². The third-order valence-corrected chi connectivity index (χ3v) is 6.76. The summed E-state index contributed by atoms with van der Waals surface area (Å²) in [6.45, 7) is 4.09. The summed E-state index contributed by atoms with van der Waals surface area (Å²) in [5.74, 6) is 1.06. The van der Waals surface area contributed by atoms with Crippen LogP contribution in [0.2, 0.25) is 0 Å². The third-order valence-electron chi connectivity index (χ3n) is 6.76. The highest BCUT2D eigenvalue weighted by Crippen LogP contribution is 2.59. The Morgan fingerprint density at radius 2 is 1.93 bits per heavy atom. The largest absolute Gasteiger partial charge is 0.497 e. The number of carbonyl (C=O) groups is 2. The lowest BCUT2D eigenvalue weighted by atomic mass is 9.73. The Balaban J connectivity index is 1.74. The molecule has 3 aliphatic rings. The van der Waals surface area contributed by atoms with Crippen LogP contribution in [0, 0.1) is 5.92 Å². The van der Waals surface area contributed by atoms with E-state index in [0.29, 0.717) is 12.4 Å². The van der Waals surface area contributed by atoms with Gasteiger partial charge in [-0.05, 0) is 37.6 Å². The van der Waals surface area contributed by atoms with Crippen molar-refractivity contribution in [2.75, 3.05) is 13.7 Å². The summed E-state index contributed by atoms with van der Waals surface area (Å²) in [5.41, 5.74) is 0.953. The first-order chi connectivity index (χ1) is 14.0. The van der Waals surface area contributed by atoms with E-state index in [-0.39, 0.29) is 29.7 Å². The lowest BCUT2D eigenvalue weighted by Gasteiger charge is -2.45. The van der Waals surface area contributed by atoms with Gasteiger partial charge in [-0.3, -0.25) is 9.59 Å². The van der Waals surface area contributed by atoms with Crippen LogP contribution in [0.25, 0.3) is 0 Å². The standard InChI is InChI=1S/C23H24N2O4/c1-13-21(26)25-20-16-11-15(28-3)9-10-18(16)29-12-17(20)19(14-7-5-4-6-8-14)23(25,2)22(27)24-13/h4-11,13,17,19-20H,12H2,1-3H3,(H,24,27)/t13-,17-,19+,20+,23-/m1/s1. The zero-order valence-corrected chi connectivity index (χ0v) is 16.7. The molecule has 5 rings (SSSR count). The molecule has 6 heteroatoms. The fourth-order valence-electron chi connectivity index (χ4n) is 5.45. The second kappa shape index (κ2) is 6.24. The lowest BCUT2D eigenvalue weighted by Crippen LogP contribution is -2.68. The van der Waals surface area contributed by atoms with Gasteiger partial charge in [0.1, 0.15) is 23.1 Å². The van der Waals surface area contributed by atoms with Crippen LogP contribution >= 0.6 is 0 Å². The van der Waals surface area contributed by atoms with E-state index in [1.165, 1.54) is 0 Å². The van der Waals surface area contributed by atoms with Crippen molar-refractivity contribution < 1.29 is 19.1 Å². The van der Waals surface area contributed by atoms with Crippen LogP contribution in [-0.2, 0) is 9.59 Å². The first-order valence-electron chi connectivity index (χ1n) is 9.96. The Hall–Kier alpha value is -3.02. The molecule has 0 saturated carbocycles. The number of hydrogen-bond acceptors (Lipinski definition) is 4. The molecule has 3 heterocycles. The van der Waals surface area contributed by atoms with E-state index in [9.17, 15) is 9.59 Å². The third kappa shape index (κ3) is 2.35. The van der Waals surface area contributed by atoms with E-state index in [1.807, 2.05) is 60.4 Å². The van der Waals surface area contributed by atoms with Gasteiger partial charge in [-0.2, -0.15) is 0 Å². The number of nitrogens with one attached hydrogen (secondary N) is 1. The number of carbonyl (C=O) groups excluding carboxylic acids is 2. The first kappa shape index (κ1) is 18.0. The molecular formula is C23H24N2O4. The number of piperazine rings is 1. The van der Waals surface area contributed by atoms with Crippen molar-refractivity contribution in [1.29, 1.82) is 0 Å². The number of methoxy groups -OCH3 is 1. The minimum atomic E-state index is -0.992. The Bertz CT molecular complexity index is 992. The Morgan fingerprint density at radius 3 is 2.66 bits per heavy atom. The summed E-state index contributed by atoms with van der Waals surface area (Å²) < 4.78 is 11.5. The smallest absolute Gasteiger partial charge is 0.247 e. The van der Waals surface area contributed by atoms with Gasteiger partial charge in [0, 0.05) is 17.4 Å². The van der Waals surface area contributed by atoms with Gasteiger partial charge < -0.3 is 19.7 Å². The average Bonchev–Trinajstić information content (AvgIpc) is 3.02. The first-order valence-corrected chi connectivity index (χ1v) is 9.96. The summed E-state index contributed by atoms with van der Waals surface area (Å²) >= 11 is 0. The molecule has 2 fully saturated rings. The molecule has 0 aliphatic carbocycles. The molecule has 5 atom stereocenters. The van der Waals surface area contributed by atoms with Crippen molar-refractivity contribution >= 4 is 11.8 Å². The van der Waals surface area contributed by atoms with Gasteiger partial charge in [-0.15, -0.1) is 0 Å². The quantitative estimate of drug-likeness (QED) is 0.853. The molecule has 2 amide bonds. The fraction of sp³-hybridized carbons (Fsp3) is 0.391. The van der Waals surface area contributed by atoms with Gasteiger partial charge >= 0.3 is 0 Å². The van der Waals surface area contributed by atoms with Crippen molar-refractivity contribution in [1.82, 2.24) is 10.2 Å². The zero-order chi connectivity index (χ0) is 20.3. The highest BCUT2D eigenvalue weighted by molar-refractivity contribution is 6.01. The Labute approximate surface area is 169 Å². The molecule has 3 aliphatic heterocycles. The summed E-state index contributed by atoms with van der Waals surface area (Å²) in [4.78, 5) is 28.6. The van der Waals surface area contributed by atoms with Gasteiger partial charge in [-0.25, -0.2) is 0 Å². The molecule has 2 aromatic carbocycles. The molecule has 0 radical (unpaired) electrons. The van der Waals surface area contributed by atoms with E-state index < -0.39 is 11.6 Å². The number of benzene rings is 2. The molecule has 150 valence electrons. The Morgan fingerprint density at radius 1 is 1.17 bits per heavy atom. The van der Waals surface area contributed by atoms with Crippen LogP contribution in [0.4, 0.5) is 0 Å². The number of amides is 2. The molecule has 0 unspecified atom stereocenters. The van der Waals surface area contributed by atoms with Crippen molar-refractivity contribution in [2.45, 2.75) is 37.4 Å². The van der Waals surface area contributed by atoms with Gasteiger partial charge in [0.2, 0.25) is 11.8 Å². The summed E-state index contributed by atoms with van der Waals surface area (Å²) in [7, 11) is 1.62. The normalized spacial score (nSPS) is 32.6. The number of nitrogens with zero attached hydrogens (tertiary/aromatic N) is 1. The van der Waals surface area contributed by atoms with Crippen LogP contribution in [0.3, 0.4) is 0 Å². The van der Waals surface area contributed by atoms with Gasteiger partial charge in [-0.1, -0.05) is 30.3 Å². The molecule has 1 N–H and O–H groups in total. The minimum Gasteiger partial charge on any atom is -0.497 e. The van der Waals surface area contributed by atoms with Crippen LogP contribution in [0.5, 0.6) is 11.5 Å². The monoisotopic (exact) mass is 392 g/mol. The second-order valence-electron chi connectivity index (χ2n) is 8.26. The SMILES string of the molecule is COc1ccc2c(c1)[C@H]1[C@H](CO2)[C@H](c2ccccc2)[C@]2(C)C(=O)N[C@H](C)C(=O)N12. The van der Waals surface area contributed by atoms with Gasteiger partial charge in [0.15, 0.2) is 0 Å².